The van der Waals surface area contributed by atoms with Crippen molar-refractivity contribution in [2.24, 2.45) is 5.73 Å². The molecular formula is C21H15ClN4O. The number of benzene rings is 2. The van der Waals surface area contributed by atoms with E-state index in [9.17, 15) is 4.79 Å². The predicted molar refractivity (Wildman–Crippen MR) is 106 cm³/mol. The molecule has 0 aliphatic heterocycles. The number of aromatic nitrogens is 3. The van der Waals surface area contributed by atoms with Crippen LogP contribution in [0.4, 0.5) is 0 Å². The number of nitrogens with zero attached hydrogens (tertiary/aromatic N) is 3. The van der Waals surface area contributed by atoms with Gasteiger partial charge >= 0.3 is 0 Å². The number of rotatable bonds is 4. The number of halogens is 1. The SMILES string of the molecule is NC(=O)c1ccc(-n2ccnc2)c(-c2ccc(Cl)c(-c3ccccn3)c2)c1. The van der Waals surface area contributed by atoms with E-state index in [1.807, 2.05) is 53.2 Å². The van der Waals surface area contributed by atoms with Crippen LogP contribution in [0.5, 0.6) is 0 Å². The van der Waals surface area contributed by atoms with Crippen molar-refractivity contribution in [1.82, 2.24) is 14.5 Å². The minimum atomic E-state index is -0.479. The lowest BCUT2D eigenvalue weighted by Gasteiger charge is -2.14. The molecule has 6 heteroatoms. The Bertz CT molecular complexity index is 1110. The van der Waals surface area contributed by atoms with Crippen LogP contribution in [0.1, 0.15) is 10.4 Å². The monoisotopic (exact) mass is 374 g/mol. The molecule has 0 bridgehead atoms. The average molecular weight is 375 g/mol. The van der Waals surface area contributed by atoms with Crippen molar-refractivity contribution in [3.63, 3.8) is 0 Å². The van der Waals surface area contributed by atoms with E-state index in [2.05, 4.69) is 9.97 Å². The van der Waals surface area contributed by atoms with Crippen LogP contribution >= 0.6 is 11.6 Å². The maximum atomic E-state index is 11.7. The average Bonchev–Trinajstić information content (AvgIpc) is 3.23. The van der Waals surface area contributed by atoms with E-state index in [-0.39, 0.29) is 0 Å². The Morgan fingerprint density at radius 2 is 1.89 bits per heavy atom. The lowest BCUT2D eigenvalue weighted by atomic mass is 9.97. The van der Waals surface area contributed by atoms with Crippen molar-refractivity contribution in [3.8, 4) is 28.1 Å². The van der Waals surface area contributed by atoms with Crippen LogP contribution in [0, 0.1) is 0 Å². The van der Waals surface area contributed by atoms with Gasteiger partial charge in [-0.3, -0.25) is 9.78 Å². The number of amides is 1. The number of pyridine rings is 1. The van der Waals surface area contributed by atoms with Crippen molar-refractivity contribution in [1.29, 1.82) is 0 Å². The molecule has 0 saturated carbocycles. The second kappa shape index (κ2) is 7.05. The summed E-state index contributed by atoms with van der Waals surface area (Å²) in [7, 11) is 0. The van der Waals surface area contributed by atoms with E-state index < -0.39 is 5.91 Å². The summed E-state index contributed by atoms with van der Waals surface area (Å²) in [6, 6.07) is 16.7. The number of nitrogens with two attached hydrogens (primary N) is 1. The molecule has 27 heavy (non-hydrogen) atoms. The van der Waals surface area contributed by atoms with E-state index in [1.54, 1.807) is 30.9 Å². The van der Waals surface area contributed by atoms with E-state index in [0.29, 0.717) is 10.6 Å². The van der Waals surface area contributed by atoms with Crippen LogP contribution in [0.15, 0.2) is 79.5 Å². The highest BCUT2D eigenvalue weighted by Gasteiger charge is 2.13. The molecule has 4 rings (SSSR count). The maximum absolute atomic E-state index is 11.7. The Morgan fingerprint density at radius 3 is 2.59 bits per heavy atom. The quantitative estimate of drug-likeness (QED) is 0.577. The molecule has 4 aromatic rings. The summed E-state index contributed by atoms with van der Waals surface area (Å²) in [6.07, 6.45) is 6.98. The molecule has 5 nitrogen and oxygen atoms in total. The smallest absolute Gasteiger partial charge is 0.248 e. The highest BCUT2D eigenvalue weighted by molar-refractivity contribution is 6.33. The van der Waals surface area contributed by atoms with Gasteiger partial charge in [-0.1, -0.05) is 23.7 Å². The number of hydrogen-bond acceptors (Lipinski definition) is 3. The summed E-state index contributed by atoms with van der Waals surface area (Å²) >= 11 is 6.41. The molecule has 0 unspecified atom stereocenters. The molecule has 0 saturated heterocycles. The Labute approximate surface area is 161 Å². The fourth-order valence-corrected chi connectivity index (χ4v) is 3.17. The second-order valence-corrected chi connectivity index (χ2v) is 6.38. The van der Waals surface area contributed by atoms with Crippen LogP contribution in [0.25, 0.3) is 28.1 Å². The van der Waals surface area contributed by atoms with Crippen LogP contribution in [0.2, 0.25) is 5.02 Å². The number of hydrogen-bond donors (Lipinski definition) is 1. The third kappa shape index (κ3) is 3.32. The third-order valence-corrected chi connectivity index (χ3v) is 4.61. The first-order chi connectivity index (χ1) is 13.1. The van der Waals surface area contributed by atoms with Gasteiger partial charge in [0.1, 0.15) is 0 Å². The Hall–Kier alpha value is -3.44. The van der Waals surface area contributed by atoms with Crippen LogP contribution < -0.4 is 5.73 Å². The molecule has 0 atom stereocenters. The number of imidazole rings is 1. The number of carbonyl (C=O) groups is 1. The molecule has 1 amide bonds. The fourth-order valence-electron chi connectivity index (χ4n) is 2.96. The summed E-state index contributed by atoms with van der Waals surface area (Å²) in [5.41, 5.74) is 10.1. The van der Waals surface area contributed by atoms with Gasteiger partial charge in [0.15, 0.2) is 0 Å². The Kier molecular flexibility index (Phi) is 4.44. The maximum Gasteiger partial charge on any atom is 0.248 e. The molecule has 2 heterocycles. The summed E-state index contributed by atoms with van der Waals surface area (Å²) in [5, 5.41) is 0.604. The first-order valence-electron chi connectivity index (χ1n) is 8.27. The lowest BCUT2D eigenvalue weighted by Crippen LogP contribution is -2.11. The largest absolute Gasteiger partial charge is 0.366 e. The van der Waals surface area contributed by atoms with Gasteiger partial charge in [-0.25, -0.2) is 4.98 Å². The van der Waals surface area contributed by atoms with Crippen LogP contribution in [0.3, 0.4) is 0 Å². The van der Waals surface area contributed by atoms with Crippen LogP contribution in [-0.4, -0.2) is 20.4 Å². The third-order valence-electron chi connectivity index (χ3n) is 4.28. The zero-order valence-electron chi connectivity index (χ0n) is 14.2. The van der Waals surface area contributed by atoms with Gasteiger partial charge in [0.2, 0.25) is 5.91 Å². The zero-order valence-corrected chi connectivity index (χ0v) is 15.0. The summed E-state index contributed by atoms with van der Waals surface area (Å²) < 4.78 is 1.88. The van der Waals surface area contributed by atoms with Crippen molar-refractivity contribution in [2.75, 3.05) is 0 Å². The normalized spacial score (nSPS) is 10.7. The van der Waals surface area contributed by atoms with E-state index in [1.165, 1.54) is 0 Å². The Balaban J connectivity index is 1.93. The minimum Gasteiger partial charge on any atom is -0.366 e. The highest BCUT2D eigenvalue weighted by Crippen LogP contribution is 2.34. The molecule has 132 valence electrons. The standard InChI is InChI=1S/C21H15ClN4O/c22-18-6-4-14(11-17(18)19-3-1-2-8-25-19)16-12-15(21(23)27)5-7-20(16)26-10-9-24-13-26/h1-13H,(H2,23,27). The zero-order chi connectivity index (χ0) is 18.8. The van der Waals surface area contributed by atoms with Crippen molar-refractivity contribution < 1.29 is 4.79 Å². The molecule has 0 fully saturated rings. The van der Waals surface area contributed by atoms with Crippen molar-refractivity contribution >= 4 is 17.5 Å². The number of carbonyl (C=O) groups excluding carboxylic acids is 1. The van der Waals surface area contributed by atoms with Gasteiger partial charge in [0, 0.05) is 40.3 Å². The molecule has 0 aliphatic rings. The topological polar surface area (TPSA) is 73.8 Å². The predicted octanol–water partition coefficient (Wildman–Crippen LogP) is 4.35. The van der Waals surface area contributed by atoms with Gasteiger partial charge in [-0.15, -0.1) is 0 Å². The van der Waals surface area contributed by atoms with Crippen molar-refractivity contribution in [3.05, 3.63) is 90.1 Å². The second-order valence-electron chi connectivity index (χ2n) is 5.98. The van der Waals surface area contributed by atoms with E-state index in [0.717, 1.165) is 28.1 Å². The van der Waals surface area contributed by atoms with Crippen molar-refractivity contribution in [2.45, 2.75) is 0 Å². The van der Waals surface area contributed by atoms with E-state index in [4.69, 9.17) is 17.3 Å². The molecular weight excluding hydrogens is 360 g/mol. The van der Waals surface area contributed by atoms with Gasteiger partial charge < -0.3 is 10.3 Å². The first-order valence-corrected chi connectivity index (χ1v) is 8.65. The lowest BCUT2D eigenvalue weighted by molar-refractivity contribution is 0.100. The molecule has 2 N–H and O–H groups in total. The van der Waals surface area contributed by atoms with Gasteiger partial charge in [-0.05, 0) is 48.0 Å². The summed E-state index contributed by atoms with van der Waals surface area (Å²) in [4.78, 5) is 20.2. The van der Waals surface area contributed by atoms with Crippen LogP contribution in [-0.2, 0) is 0 Å². The van der Waals surface area contributed by atoms with E-state index >= 15 is 0 Å². The fraction of sp³-hybridized carbons (Fsp3) is 0. The number of primary amides is 1. The highest BCUT2D eigenvalue weighted by atomic mass is 35.5. The Morgan fingerprint density at radius 1 is 1.00 bits per heavy atom. The van der Waals surface area contributed by atoms with Gasteiger partial charge in [0.05, 0.1) is 17.7 Å². The van der Waals surface area contributed by atoms with Gasteiger partial charge in [-0.2, -0.15) is 0 Å². The minimum absolute atomic E-state index is 0.434. The molecule has 2 aromatic heterocycles. The molecule has 0 radical (unpaired) electrons. The first kappa shape index (κ1) is 17.0. The summed E-state index contributed by atoms with van der Waals surface area (Å²) in [5.74, 6) is -0.479. The summed E-state index contributed by atoms with van der Waals surface area (Å²) in [6.45, 7) is 0. The van der Waals surface area contributed by atoms with Gasteiger partial charge in [0.25, 0.3) is 0 Å². The molecule has 0 aliphatic carbocycles. The molecule has 0 spiro atoms. The molecule has 2 aromatic carbocycles.